The summed E-state index contributed by atoms with van der Waals surface area (Å²) < 4.78 is 4.57. The summed E-state index contributed by atoms with van der Waals surface area (Å²) in [7, 11) is 1.34. The van der Waals surface area contributed by atoms with Gasteiger partial charge < -0.3 is 9.84 Å². The summed E-state index contributed by atoms with van der Waals surface area (Å²) in [5, 5.41) is 9.07. The van der Waals surface area contributed by atoms with Crippen molar-refractivity contribution in [2.45, 2.75) is 33.3 Å². The SMILES string of the molecule is COC(=O)C(CC(C)O)=C(C)C. The molecule has 0 aliphatic heterocycles. The predicted octanol–water partition coefficient (Wildman–Crippen LogP) is 1.27. The summed E-state index contributed by atoms with van der Waals surface area (Å²) in [5.74, 6) is -0.351. The summed E-state index contributed by atoms with van der Waals surface area (Å²) in [4.78, 5) is 11.1. The zero-order chi connectivity index (χ0) is 9.72. The molecule has 12 heavy (non-hydrogen) atoms. The molecule has 0 aromatic rings. The molecule has 3 heteroatoms. The smallest absolute Gasteiger partial charge is 0.333 e. The molecule has 0 bridgehead atoms. The molecular weight excluding hydrogens is 156 g/mol. The van der Waals surface area contributed by atoms with Gasteiger partial charge in [0.1, 0.15) is 0 Å². The number of allylic oxidation sites excluding steroid dienone is 1. The Labute approximate surface area is 73.0 Å². The molecule has 0 aromatic carbocycles. The Morgan fingerprint density at radius 2 is 2.00 bits per heavy atom. The number of rotatable bonds is 3. The van der Waals surface area contributed by atoms with Gasteiger partial charge in [0.05, 0.1) is 13.2 Å². The first-order valence-electron chi connectivity index (χ1n) is 3.91. The van der Waals surface area contributed by atoms with Gasteiger partial charge >= 0.3 is 5.97 Å². The van der Waals surface area contributed by atoms with E-state index in [-0.39, 0.29) is 5.97 Å². The normalized spacial score (nSPS) is 12.1. The number of carbonyl (C=O) groups is 1. The fraction of sp³-hybridized carbons (Fsp3) is 0.667. The van der Waals surface area contributed by atoms with Crippen LogP contribution in [-0.4, -0.2) is 24.3 Å². The summed E-state index contributed by atoms with van der Waals surface area (Å²) in [6.45, 7) is 5.30. The van der Waals surface area contributed by atoms with Crippen LogP contribution in [0.25, 0.3) is 0 Å². The van der Waals surface area contributed by atoms with Gasteiger partial charge in [0, 0.05) is 12.0 Å². The monoisotopic (exact) mass is 172 g/mol. The molecule has 0 saturated carbocycles. The van der Waals surface area contributed by atoms with E-state index in [0.29, 0.717) is 12.0 Å². The maximum atomic E-state index is 11.1. The van der Waals surface area contributed by atoms with Crippen LogP contribution in [0.3, 0.4) is 0 Å². The fourth-order valence-corrected chi connectivity index (χ4v) is 0.910. The molecule has 0 spiro atoms. The molecule has 1 atom stereocenters. The molecule has 0 saturated heterocycles. The molecule has 1 unspecified atom stereocenters. The second kappa shape index (κ2) is 4.93. The van der Waals surface area contributed by atoms with Gasteiger partial charge in [0.15, 0.2) is 0 Å². The zero-order valence-electron chi connectivity index (χ0n) is 8.05. The fourth-order valence-electron chi connectivity index (χ4n) is 0.910. The third-order valence-corrected chi connectivity index (χ3v) is 1.53. The van der Waals surface area contributed by atoms with Crippen molar-refractivity contribution in [1.29, 1.82) is 0 Å². The van der Waals surface area contributed by atoms with Crippen molar-refractivity contribution in [1.82, 2.24) is 0 Å². The number of aliphatic hydroxyl groups excluding tert-OH is 1. The Hall–Kier alpha value is -0.830. The van der Waals surface area contributed by atoms with Crippen LogP contribution >= 0.6 is 0 Å². The third kappa shape index (κ3) is 3.53. The van der Waals surface area contributed by atoms with Gasteiger partial charge in [0.2, 0.25) is 0 Å². The highest BCUT2D eigenvalue weighted by Crippen LogP contribution is 2.12. The average Bonchev–Trinajstić information content (AvgIpc) is 1.98. The highest BCUT2D eigenvalue weighted by molar-refractivity contribution is 5.89. The molecule has 0 heterocycles. The van der Waals surface area contributed by atoms with E-state index in [0.717, 1.165) is 5.57 Å². The Kier molecular flexibility index (Phi) is 4.59. The summed E-state index contributed by atoms with van der Waals surface area (Å²) in [5.41, 5.74) is 1.45. The molecule has 1 N–H and O–H groups in total. The lowest BCUT2D eigenvalue weighted by molar-refractivity contribution is -0.136. The molecule has 0 rings (SSSR count). The van der Waals surface area contributed by atoms with E-state index in [9.17, 15) is 4.79 Å². The van der Waals surface area contributed by atoms with Crippen LogP contribution in [0.5, 0.6) is 0 Å². The van der Waals surface area contributed by atoms with E-state index in [1.807, 2.05) is 13.8 Å². The number of hydrogen-bond donors (Lipinski definition) is 1. The van der Waals surface area contributed by atoms with Crippen LogP contribution in [0, 0.1) is 0 Å². The lowest BCUT2D eigenvalue weighted by atomic mass is 10.0. The first-order chi connectivity index (χ1) is 5.49. The standard InChI is InChI=1S/C9H16O3/c1-6(2)8(5-7(3)10)9(11)12-4/h7,10H,5H2,1-4H3. The van der Waals surface area contributed by atoms with Gasteiger partial charge in [-0.1, -0.05) is 5.57 Å². The summed E-state index contributed by atoms with van der Waals surface area (Å²) in [6.07, 6.45) is -0.149. The first-order valence-corrected chi connectivity index (χ1v) is 3.91. The van der Waals surface area contributed by atoms with Crippen molar-refractivity contribution >= 4 is 5.97 Å². The molecular formula is C9H16O3. The Morgan fingerprint density at radius 1 is 1.50 bits per heavy atom. The minimum Gasteiger partial charge on any atom is -0.466 e. The molecule has 70 valence electrons. The van der Waals surface area contributed by atoms with Crippen LogP contribution in [0.2, 0.25) is 0 Å². The largest absolute Gasteiger partial charge is 0.466 e. The number of hydrogen-bond acceptors (Lipinski definition) is 3. The van der Waals surface area contributed by atoms with Crippen molar-refractivity contribution in [2.24, 2.45) is 0 Å². The van der Waals surface area contributed by atoms with E-state index in [2.05, 4.69) is 4.74 Å². The van der Waals surface area contributed by atoms with E-state index < -0.39 is 6.10 Å². The number of ether oxygens (including phenoxy) is 1. The molecule has 0 amide bonds. The highest BCUT2D eigenvalue weighted by atomic mass is 16.5. The number of esters is 1. The van der Waals surface area contributed by atoms with Crippen molar-refractivity contribution in [3.05, 3.63) is 11.1 Å². The molecule has 0 aliphatic carbocycles. The Bertz CT molecular complexity index is 188. The van der Waals surface area contributed by atoms with E-state index in [4.69, 9.17) is 5.11 Å². The van der Waals surface area contributed by atoms with E-state index in [1.165, 1.54) is 7.11 Å². The van der Waals surface area contributed by atoms with Crippen molar-refractivity contribution in [3.63, 3.8) is 0 Å². The van der Waals surface area contributed by atoms with Crippen LogP contribution in [0.4, 0.5) is 0 Å². The second-order valence-electron chi connectivity index (χ2n) is 3.02. The van der Waals surface area contributed by atoms with Gasteiger partial charge in [-0.3, -0.25) is 0 Å². The predicted molar refractivity (Wildman–Crippen MR) is 46.7 cm³/mol. The number of aliphatic hydroxyl groups is 1. The number of carbonyl (C=O) groups excluding carboxylic acids is 1. The highest BCUT2D eigenvalue weighted by Gasteiger charge is 2.13. The molecule has 3 nitrogen and oxygen atoms in total. The molecule has 0 radical (unpaired) electrons. The van der Waals surface area contributed by atoms with Crippen molar-refractivity contribution < 1.29 is 14.6 Å². The van der Waals surface area contributed by atoms with E-state index in [1.54, 1.807) is 6.92 Å². The van der Waals surface area contributed by atoms with Crippen LogP contribution in [0.15, 0.2) is 11.1 Å². The maximum Gasteiger partial charge on any atom is 0.333 e. The second-order valence-corrected chi connectivity index (χ2v) is 3.02. The molecule has 0 aromatic heterocycles. The Morgan fingerprint density at radius 3 is 2.25 bits per heavy atom. The van der Waals surface area contributed by atoms with Gasteiger partial charge in [-0.05, 0) is 20.8 Å². The Balaban J connectivity index is 4.47. The van der Waals surface area contributed by atoms with Crippen LogP contribution < -0.4 is 0 Å². The van der Waals surface area contributed by atoms with Crippen LogP contribution in [0.1, 0.15) is 27.2 Å². The first kappa shape index (κ1) is 11.2. The lowest BCUT2D eigenvalue weighted by Crippen LogP contribution is -2.12. The lowest BCUT2D eigenvalue weighted by Gasteiger charge is -2.09. The van der Waals surface area contributed by atoms with Gasteiger partial charge in [-0.25, -0.2) is 4.79 Å². The minimum atomic E-state index is -0.506. The van der Waals surface area contributed by atoms with Crippen molar-refractivity contribution in [3.8, 4) is 0 Å². The summed E-state index contributed by atoms with van der Waals surface area (Å²) >= 11 is 0. The number of methoxy groups -OCH3 is 1. The van der Waals surface area contributed by atoms with Crippen LogP contribution in [-0.2, 0) is 9.53 Å². The average molecular weight is 172 g/mol. The van der Waals surface area contributed by atoms with Gasteiger partial charge in [0.25, 0.3) is 0 Å². The molecule has 0 fully saturated rings. The van der Waals surface area contributed by atoms with Gasteiger partial charge in [-0.2, -0.15) is 0 Å². The zero-order valence-corrected chi connectivity index (χ0v) is 8.05. The summed E-state index contributed by atoms with van der Waals surface area (Å²) in [6, 6.07) is 0. The van der Waals surface area contributed by atoms with E-state index >= 15 is 0 Å². The third-order valence-electron chi connectivity index (χ3n) is 1.53. The van der Waals surface area contributed by atoms with Crippen molar-refractivity contribution in [2.75, 3.05) is 7.11 Å². The molecule has 0 aliphatic rings. The van der Waals surface area contributed by atoms with Gasteiger partial charge in [-0.15, -0.1) is 0 Å². The minimum absolute atomic E-state index is 0.351. The topological polar surface area (TPSA) is 46.5 Å². The maximum absolute atomic E-state index is 11.1. The quantitative estimate of drug-likeness (QED) is 0.515.